The quantitative estimate of drug-likeness (QED) is 0.718. The number of benzene rings is 1. The van der Waals surface area contributed by atoms with E-state index in [1.165, 1.54) is 5.56 Å². The van der Waals surface area contributed by atoms with Crippen LogP contribution in [0.4, 0.5) is 0 Å². The van der Waals surface area contributed by atoms with Crippen LogP contribution in [0.1, 0.15) is 33.8 Å². The Morgan fingerprint density at radius 1 is 1.00 bits per heavy atom. The molecule has 0 unspecified atom stereocenters. The molecular formula is C15H27NO. The fourth-order valence-electron chi connectivity index (χ4n) is 1.65. The van der Waals surface area contributed by atoms with Crippen molar-refractivity contribution in [2.75, 3.05) is 26.2 Å². The molecule has 0 heterocycles. The van der Waals surface area contributed by atoms with Crippen LogP contribution in [0.3, 0.4) is 0 Å². The van der Waals surface area contributed by atoms with Crippen LogP contribution in [0.5, 0.6) is 5.75 Å². The number of hydrogen-bond acceptors (Lipinski definition) is 2. The summed E-state index contributed by atoms with van der Waals surface area (Å²) in [6.45, 7) is 10.5. The van der Waals surface area contributed by atoms with Crippen LogP contribution in [-0.2, 0) is 6.42 Å². The van der Waals surface area contributed by atoms with Gasteiger partial charge in [0.1, 0.15) is 12.4 Å². The third-order valence-electron chi connectivity index (χ3n) is 2.90. The molecule has 0 bridgehead atoms. The summed E-state index contributed by atoms with van der Waals surface area (Å²) in [4.78, 5) is 2.36. The summed E-state index contributed by atoms with van der Waals surface area (Å²) in [6, 6.07) is 8.38. The van der Waals surface area contributed by atoms with Gasteiger partial charge in [0.25, 0.3) is 0 Å². The van der Waals surface area contributed by atoms with Crippen molar-refractivity contribution in [3.05, 3.63) is 29.8 Å². The Kier molecular flexibility index (Phi) is 8.51. The van der Waals surface area contributed by atoms with Crippen molar-refractivity contribution in [3.8, 4) is 5.75 Å². The molecule has 0 radical (unpaired) electrons. The molecule has 2 heteroatoms. The molecule has 17 heavy (non-hydrogen) atoms. The summed E-state index contributed by atoms with van der Waals surface area (Å²) in [6.07, 6.45) is 1.08. The van der Waals surface area contributed by atoms with Gasteiger partial charge in [-0.1, -0.05) is 40.3 Å². The van der Waals surface area contributed by atoms with Crippen molar-refractivity contribution in [1.82, 2.24) is 4.90 Å². The third-order valence-corrected chi connectivity index (χ3v) is 2.90. The van der Waals surface area contributed by atoms with E-state index in [2.05, 4.69) is 49.9 Å². The van der Waals surface area contributed by atoms with E-state index in [0.29, 0.717) is 0 Å². The molecule has 0 saturated carbocycles. The van der Waals surface area contributed by atoms with Crippen LogP contribution >= 0.6 is 0 Å². The minimum absolute atomic E-state index is 0. The zero-order valence-electron chi connectivity index (χ0n) is 10.7. The van der Waals surface area contributed by atoms with E-state index in [4.69, 9.17) is 4.74 Å². The minimum atomic E-state index is 0. The Bertz CT molecular complexity index is 277. The lowest BCUT2D eigenvalue weighted by molar-refractivity contribution is 0.223. The maximum atomic E-state index is 5.70. The first-order valence-electron chi connectivity index (χ1n) is 6.24. The average Bonchev–Trinajstić information content (AvgIpc) is 2.35. The number of hydrogen-bond donors (Lipinski definition) is 0. The van der Waals surface area contributed by atoms with Gasteiger partial charge in [0.05, 0.1) is 0 Å². The normalized spacial score (nSPS) is 10.1. The van der Waals surface area contributed by atoms with Crippen molar-refractivity contribution >= 4 is 0 Å². The molecular weight excluding hydrogens is 210 g/mol. The molecule has 0 saturated heterocycles. The summed E-state index contributed by atoms with van der Waals surface area (Å²) in [7, 11) is 0. The Morgan fingerprint density at radius 3 is 2.06 bits per heavy atom. The topological polar surface area (TPSA) is 12.5 Å². The number of nitrogens with zero attached hydrogens (tertiary/aromatic N) is 1. The lowest BCUT2D eigenvalue weighted by Crippen LogP contribution is -2.27. The number of aryl methyl sites for hydroxylation is 1. The Hall–Kier alpha value is -1.02. The molecule has 0 fully saturated rings. The molecule has 1 rings (SSSR count). The van der Waals surface area contributed by atoms with Gasteiger partial charge in [-0.2, -0.15) is 0 Å². The van der Waals surface area contributed by atoms with Crippen molar-refractivity contribution in [2.24, 2.45) is 0 Å². The van der Waals surface area contributed by atoms with Crippen LogP contribution in [0.2, 0.25) is 0 Å². The number of likely N-dealkylation sites (N-methyl/N-ethyl adjacent to an activating group) is 1. The zero-order chi connectivity index (χ0) is 11.8. The van der Waals surface area contributed by atoms with Gasteiger partial charge < -0.3 is 9.64 Å². The fraction of sp³-hybridized carbons (Fsp3) is 0.600. The molecule has 0 atom stereocenters. The molecule has 0 N–H and O–H groups in total. The van der Waals surface area contributed by atoms with Crippen molar-refractivity contribution in [3.63, 3.8) is 0 Å². The second-order valence-corrected chi connectivity index (χ2v) is 3.87. The highest BCUT2D eigenvalue weighted by atomic mass is 16.5. The van der Waals surface area contributed by atoms with Crippen molar-refractivity contribution < 1.29 is 4.74 Å². The molecule has 1 aromatic carbocycles. The van der Waals surface area contributed by atoms with Gasteiger partial charge in [0.15, 0.2) is 0 Å². The second-order valence-electron chi connectivity index (χ2n) is 3.87. The van der Waals surface area contributed by atoms with Crippen LogP contribution in [-0.4, -0.2) is 31.1 Å². The molecule has 0 aliphatic rings. The maximum Gasteiger partial charge on any atom is 0.119 e. The van der Waals surface area contributed by atoms with E-state index < -0.39 is 0 Å². The first-order valence-corrected chi connectivity index (χ1v) is 6.24. The van der Waals surface area contributed by atoms with E-state index >= 15 is 0 Å². The standard InChI is InChI=1S/C14H23NO.CH4/c1-4-13-7-9-14(10-8-13)16-12-11-15(5-2)6-3;/h7-10H,4-6,11-12H2,1-3H3;1H4. The van der Waals surface area contributed by atoms with E-state index in [1.54, 1.807) is 0 Å². The van der Waals surface area contributed by atoms with Gasteiger partial charge in [-0.3, -0.25) is 0 Å². The molecule has 0 aliphatic heterocycles. The Labute approximate surface area is 107 Å². The van der Waals surface area contributed by atoms with Gasteiger partial charge in [-0.15, -0.1) is 0 Å². The molecule has 2 nitrogen and oxygen atoms in total. The average molecular weight is 237 g/mol. The number of ether oxygens (including phenoxy) is 1. The van der Waals surface area contributed by atoms with Crippen molar-refractivity contribution in [1.29, 1.82) is 0 Å². The largest absolute Gasteiger partial charge is 0.492 e. The Balaban J connectivity index is 0.00000256. The van der Waals surface area contributed by atoms with Crippen LogP contribution in [0.25, 0.3) is 0 Å². The summed E-state index contributed by atoms with van der Waals surface area (Å²) in [5.41, 5.74) is 1.36. The second kappa shape index (κ2) is 9.06. The van der Waals surface area contributed by atoms with Crippen LogP contribution < -0.4 is 4.74 Å². The predicted octanol–water partition coefficient (Wildman–Crippen LogP) is 3.61. The van der Waals surface area contributed by atoms with Crippen LogP contribution in [0.15, 0.2) is 24.3 Å². The summed E-state index contributed by atoms with van der Waals surface area (Å²) < 4.78 is 5.70. The lowest BCUT2D eigenvalue weighted by atomic mass is 10.2. The van der Waals surface area contributed by atoms with Gasteiger partial charge >= 0.3 is 0 Å². The summed E-state index contributed by atoms with van der Waals surface area (Å²) in [5.74, 6) is 0.976. The highest BCUT2D eigenvalue weighted by Gasteiger charge is 1.99. The molecule has 0 aliphatic carbocycles. The fourth-order valence-corrected chi connectivity index (χ4v) is 1.65. The first kappa shape index (κ1) is 16.0. The third kappa shape index (κ3) is 5.73. The van der Waals surface area contributed by atoms with Gasteiger partial charge in [0, 0.05) is 6.54 Å². The van der Waals surface area contributed by atoms with E-state index in [-0.39, 0.29) is 7.43 Å². The minimum Gasteiger partial charge on any atom is -0.492 e. The molecule has 1 aromatic rings. The zero-order valence-corrected chi connectivity index (χ0v) is 10.7. The van der Waals surface area contributed by atoms with E-state index in [1.807, 2.05) is 0 Å². The monoisotopic (exact) mass is 237 g/mol. The van der Waals surface area contributed by atoms with Gasteiger partial charge in [-0.05, 0) is 37.2 Å². The van der Waals surface area contributed by atoms with Crippen LogP contribution in [0, 0.1) is 0 Å². The smallest absolute Gasteiger partial charge is 0.119 e. The maximum absolute atomic E-state index is 5.70. The van der Waals surface area contributed by atoms with Crippen molar-refractivity contribution in [2.45, 2.75) is 34.6 Å². The lowest BCUT2D eigenvalue weighted by Gasteiger charge is -2.18. The highest BCUT2D eigenvalue weighted by molar-refractivity contribution is 5.27. The molecule has 0 aromatic heterocycles. The molecule has 98 valence electrons. The predicted molar refractivity (Wildman–Crippen MR) is 75.8 cm³/mol. The van der Waals surface area contributed by atoms with E-state index in [0.717, 1.165) is 38.4 Å². The SMILES string of the molecule is C.CCc1ccc(OCCN(CC)CC)cc1. The van der Waals surface area contributed by atoms with Gasteiger partial charge in [0.2, 0.25) is 0 Å². The molecule has 0 amide bonds. The Morgan fingerprint density at radius 2 is 1.59 bits per heavy atom. The number of rotatable bonds is 7. The van der Waals surface area contributed by atoms with E-state index in [9.17, 15) is 0 Å². The summed E-state index contributed by atoms with van der Waals surface area (Å²) >= 11 is 0. The molecule has 0 spiro atoms. The van der Waals surface area contributed by atoms with Gasteiger partial charge in [-0.25, -0.2) is 0 Å². The highest BCUT2D eigenvalue weighted by Crippen LogP contribution is 2.12. The summed E-state index contributed by atoms with van der Waals surface area (Å²) in [5, 5.41) is 0. The first-order chi connectivity index (χ1) is 7.80.